The van der Waals surface area contributed by atoms with Gasteiger partial charge < -0.3 is 0 Å². The van der Waals surface area contributed by atoms with Crippen LogP contribution < -0.4 is 4.72 Å². The number of anilines is 1. The number of benzene rings is 2. The van der Waals surface area contributed by atoms with Crippen LogP contribution in [0.25, 0.3) is 16.7 Å². The first-order chi connectivity index (χ1) is 15.4. The largest absolute Gasteiger partial charge is 0.435 e. The normalized spacial score (nSPS) is 12.8. The molecule has 4 rings (SSSR count). The van der Waals surface area contributed by atoms with Gasteiger partial charge in [0.05, 0.1) is 10.4 Å². The van der Waals surface area contributed by atoms with Crippen LogP contribution in [0.15, 0.2) is 65.8 Å². The van der Waals surface area contributed by atoms with E-state index in [1.165, 1.54) is 18.5 Å². The Kier molecular flexibility index (Phi) is 5.39. The van der Waals surface area contributed by atoms with E-state index in [0.717, 1.165) is 10.2 Å². The molecule has 1 N–H and O–H groups in total. The van der Waals surface area contributed by atoms with Crippen LogP contribution >= 0.6 is 0 Å². The van der Waals surface area contributed by atoms with E-state index in [1.807, 2.05) is 20.8 Å². The van der Waals surface area contributed by atoms with Crippen molar-refractivity contribution in [2.24, 2.45) is 0 Å². The van der Waals surface area contributed by atoms with Gasteiger partial charge in [-0.1, -0.05) is 45.0 Å². The van der Waals surface area contributed by atoms with Crippen molar-refractivity contribution >= 4 is 26.7 Å². The lowest BCUT2D eigenvalue weighted by atomic mass is 9.87. The molecule has 0 fully saturated rings. The summed E-state index contributed by atoms with van der Waals surface area (Å²) in [5, 5.41) is 4.01. The molecule has 0 spiro atoms. The zero-order chi connectivity index (χ0) is 24.0. The summed E-state index contributed by atoms with van der Waals surface area (Å²) < 4.78 is 69.4. The Labute approximate surface area is 188 Å². The maximum Gasteiger partial charge on any atom is 0.435 e. The van der Waals surface area contributed by atoms with E-state index in [-0.39, 0.29) is 16.1 Å². The Morgan fingerprint density at radius 1 is 0.939 bits per heavy atom. The van der Waals surface area contributed by atoms with Gasteiger partial charge in [-0.15, -0.1) is 0 Å². The molecular formula is C22H20F3N5O2S. The van der Waals surface area contributed by atoms with Gasteiger partial charge in [-0.25, -0.2) is 18.4 Å². The zero-order valence-corrected chi connectivity index (χ0v) is 18.7. The lowest BCUT2D eigenvalue weighted by Crippen LogP contribution is -2.17. The molecule has 0 saturated heterocycles. The van der Waals surface area contributed by atoms with Gasteiger partial charge in [0.2, 0.25) is 0 Å². The molecule has 0 aliphatic heterocycles. The zero-order valence-electron chi connectivity index (χ0n) is 17.9. The molecule has 11 heteroatoms. The molecule has 0 aliphatic rings. The van der Waals surface area contributed by atoms with Crippen LogP contribution in [0.1, 0.15) is 32.0 Å². The molecule has 0 unspecified atom stereocenters. The molecule has 0 bridgehead atoms. The number of hydrogen-bond acceptors (Lipinski definition) is 5. The van der Waals surface area contributed by atoms with Crippen LogP contribution in [0, 0.1) is 0 Å². The summed E-state index contributed by atoms with van der Waals surface area (Å²) in [5.74, 6) is -0.386. The number of para-hydroxylation sites is 1. The van der Waals surface area contributed by atoms with Gasteiger partial charge in [0.15, 0.2) is 11.5 Å². The number of nitrogens with one attached hydrogen (secondary N) is 1. The fourth-order valence-electron chi connectivity index (χ4n) is 3.24. The molecular weight excluding hydrogens is 455 g/mol. The molecule has 0 radical (unpaired) electrons. The summed E-state index contributed by atoms with van der Waals surface area (Å²) in [7, 11) is -4.21. The molecule has 0 aliphatic carbocycles. The lowest BCUT2D eigenvalue weighted by molar-refractivity contribution is -0.141. The van der Waals surface area contributed by atoms with E-state index < -0.39 is 27.7 Å². The Morgan fingerprint density at radius 2 is 1.61 bits per heavy atom. The number of alkyl halides is 3. The summed E-state index contributed by atoms with van der Waals surface area (Å²) in [5.41, 5.74) is -0.0632. The third kappa shape index (κ3) is 4.54. The van der Waals surface area contributed by atoms with Gasteiger partial charge in [0, 0.05) is 11.5 Å². The topological polar surface area (TPSA) is 89.8 Å². The standard InChI is InChI=1S/C22H20F3N5O2S/c1-21(2,3)14-8-10-15(11-9-14)33(31,32)29-19-12-18(22(23,24)25)28-30(19)20-16-6-4-5-7-17(16)26-13-27-20/h4-13,29H,1-3H3. The van der Waals surface area contributed by atoms with Gasteiger partial charge in [-0.2, -0.15) is 23.0 Å². The molecule has 2 aromatic carbocycles. The predicted molar refractivity (Wildman–Crippen MR) is 118 cm³/mol. The number of sulfonamides is 1. The molecule has 0 atom stereocenters. The van der Waals surface area contributed by atoms with Crippen LogP contribution in [-0.4, -0.2) is 28.2 Å². The smallest absolute Gasteiger partial charge is 0.263 e. The molecule has 4 aromatic rings. The van der Waals surface area contributed by atoms with E-state index in [1.54, 1.807) is 36.4 Å². The Balaban J connectivity index is 1.81. The maximum atomic E-state index is 13.4. The second kappa shape index (κ2) is 7.84. The average molecular weight is 475 g/mol. The van der Waals surface area contributed by atoms with E-state index in [4.69, 9.17) is 0 Å². The van der Waals surface area contributed by atoms with E-state index in [9.17, 15) is 21.6 Å². The molecule has 2 heterocycles. The van der Waals surface area contributed by atoms with Crippen LogP contribution in [0.2, 0.25) is 0 Å². The Hall–Kier alpha value is -3.47. The number of nitrogens with zero attached hydrogens (tertiary/aromatic N) is 4. The minimum atomic E-state index is -4.79. The molecule has 0 saturated carbocycles. The Morgan fingerprint density at radius 3 is 2.24 bits per heavy atom. The van der Waals surface area contributed by atoms with Gasteiger partial charge in [-0.3, -0.25) is 4.72 Å². The van der Waals surface area contributed by atoms with Crippen LogP contribution in [-0.2, 0) is 21.6 Å². The van der Waals surface area contributed by atoms with Gasteiger partial charge in [0.25, 0.3) is 10.0 Å². The number of hydrogen-bond donors (Lipinski definition) is 1. The quantitative estimate of drug-likeness (QED) is 0.452. The summed E-state index contributed by atoms with van der Waals surface area (Å²) in [6, 6.07) is 13.5. The third-order valence-corrected chi connectivity index (χ3v) is 6.36. The molecule has 2 aromatic heterocycles. The summed E-state index contributed by atoms with van der Waals surface area (Å²) in [4.78, 5) is 8.06. The first-order valence-electron chi connectivity index (χ1n) is 9.87. The van der Waals surface area contributed by atoms with E-state index >= 15 is 0 Å². The highest BCUT2D eigenvalue weighted by molar-refractivity contribution is 7.92. The second-order valence-electron chi connectivity index (χ2n) is 8.42. The van der Waals surface area contributed by atoms with Gasteiger partial charge >= 0.3 is 6.18 Å². The molecule has 33 heavy (non-hydrogen) atoms. The first kappa shape index (κ1) is 22.7. The lowest BCUT2D eigenvalue weighted by Gasteiger charge is -2.19. The first-order valence-corrected chi connectivity index (χ1v) is 11.4. The molecule has 0 amide bonds. The second-order valence-corrected chi connectivity index (χ2v) is 10.1. The van der Waals surface area contributed by atoms with Crippen LogP contribution in [0.3, 0.4) is 0 Å². The predicted octanol–water partition coefficient (Wildman–Crippen LogP) is 4.93. The monoisotopic (exact) mass is 475 g/mol. The minimum Gasteiger partial charge on any atom is -0.263 e. The number of halogens is 3. The summed E-state index contributed by atoms with van der Waals surface area (Å²) in [6.07, 6.45) is -3.61. The molecule has 7 nitrogen and oxygen atoms in total. The fourth-order valence-corrected chi connectivity index (χ4v) is 4.28. The van der Waals surface area contributed by atoms with Crippen molar-refractivity contribution in [2.75, 3.05) is 4.72 Å². The van der Waals surface area contributed by atoms with Crippen LogP contribution in [0.5, 0.6) is 0 Å². The average Bonchev–Trinajstić information content (AvgIpc) is 3.16. The van der Waals surface area contributed by atoms with E-state index in [2.05, 4.69) is 19.8 Å². The fraction of sp³-hybridized carbons (Fsp3) is 0.227. The number of fused-ring (bicyclic) bond motifs is 1. The highest BCUT2D eigenvalue weighted by atomic mass is 32.2. The van der Waals surface area contributed by atoms with Crippen molar-refractivity contribution in [3.05, 3.63) is 72.2 Å². The van der Waals surface area contributed by atoms with Crippen LogP contribution in [0.4, 0.5) is 19.0 Å². The van der Waals surface area contributed by atoms with Gasteiger partial charge in [0.1, 0.15) is 12.1 Å². The van der Waals surface area contributed by atoms with Crippen molar-refractivity contribution in [1.82, 2.24) is 19.7 Å². The number of aromatic nitrogens is 4. The van der Waals surface area contributed by atoms with Crippen molar-refractivity contribution in [3.63, 3.8) is 0 Å². The third-order valence-electron chi connectivity index (χ3n) is 4.99. The summed E-state index contributed by atoms with van der Waals surface area (Å²) >= 11 is 0. The van der Waals surface area contributed by atoms with Crippen molar-refractivity contribution < 1.29 is 21.6 Å². The summed E-state index contributed by atoms with van der Waals surface area (Å²) in [6.45, 7) is 5.95. The minimum absolute atomic E-state index is 0.0110. The van der Waals surface area contributed by atoms with Crippen molar-refractivity contribution in [1.29, 1.82) is 0 Å². The molecule has 172 valence electrons. The number of rotatable bonds is 4. The van der Waals surface area contributed by atoms with Gasteiger partial charge in [-0.05, 0) is 35.2 Å². The van der Waals surface area contributed by atoms with Crippen molar-refractivity contribution in [2.45, 2.75) is 37.3 Å². The van der Waals surface area contributed by atoms with E-state index in [0.29, 0.717) is 17.0 Å². The maximum absolute atomic E-state index is 13.4. The highest BCUT2D eigenvalue weighted by Gasteiger charge is 2.36. The van der Waals surface area contributed by atoms with Crippen molar-refractivity contribution in [3.8, 4) is 5.82 Å². The Bertz CT molecular complexity index is 1420. The highest BCUT2D eigenvalue weighted by Crippen LogP contribution is 2.33. The SMILES string of the molecule is CC(C)(C)c1ccc(S(=O)(=O)Nc2cc(C(F)(F)F)nn2-c2ncnc3ccccc23)cc1.